The van der Waals surface area contributed by atoms with Crippen molar-refractivity contribution in [2.75, 3.05) is 0 Å². The normalized spacial score (nSPS) is 42.5. The van der Waals surface area contributed by atoms with Gasteiger partial charge in [-0.1, -0.05) is 32.9 Å². The first-order chi connectivity index (χ1) is 17.2. The Morgan fingerprint density at radius 1 is 1.14 bits per heavy atom. The van der Waals surface area contributed by atoms with Crippen LogP contribution in [0.25, 0.3) is 10.9 Å². The zero-order valence-electron chi connectivity index (χ0n) is 21.8. The van der Waals surface area contributed by atoms with E-state index in [2.05, 4.69) is 42.9 Å². The molecule has 6 rings (SSSR count). The minimum Gasteiger partial charge on any atom is -0.408 e. The van der Waals surface area contributed by atoms with Crippen molar-refractivity contribution >= 4 is 10.9 Å². The summed E-state index contributed by atoms with van der Waals surface area (Å²) >= 11 is 0. The van der Waals surface area contributed by atoms with Gasteiger partial charge in [-0.25, -0.2) is 9.78 Å². The van der Waals surface area contributed by atoms with E-state index in [1.165, 1.54) is 12.6 Å². The molecule has 0 saturated heterocycles. The van der Waals surface area contributed by atoms with Crippen molar-refractivity contribution in [3.05, 3.63) is 46.9 Å². The smallest absolute Gasteiger partial charge is 0.348 e. The van der Waals surface area contributed by atoms with E-state index in [1.807, 2.05) is 0 Å². The summed E-state index contributed by atoms with van der Waals surface area (Å²) in [6, 6.07) is 1.76. The SMILES string of the molecule is C[C@H](CCc1nc2ccncc2c(=O)o1)[C@H]1C=C[C@H]2[C@H]3C(CC[C@]12C)[C@@]1(C)CC[C@@H](O)C[C@H]1C[C@@H]3O. The molecule has 194 valence electrons. The lowest BCUT2D eigenvalue weighted by Gasteiger charge is -2.62. The van der Waals surface area contributed by atoms with E-state index in [4.69, 9.17) is 4.42 Å². The van der Waals surface area contributed by atoms with Crippen LogP contribution in [0.1, 0.15) is 71.6 Å². The average molecular weight is 493 g/mol. The first-order valence-electron chi connectivity index (χ1n) is 14.0. The van der Waals surface area contributed by atoms with Crippen LogP contribution in [0.5, 0.6) is 0 Å². The van der Waals surface area contributed by atoms with Gasteiger partial charge < -0.3 is 14.6 Å². The fourth-order valence-electron chi connectivity index (χ4n) is 9.13. The molecule has 0 amide bonds. The van der Waals surface area contributed by atoms with Gasteiger partial charge in [-0.05, 0) is 97.3 Å². The van der Waals surface area contributed by atoms with Crippen LogP contribution in [-0.2, 0) is 6.42 Å². The molecule has 1 unspecified atom stereocenters. The standard InChI is InChI=1S/C30H40N2O4/c1-17(4-7-26-32-24-10-13-31-16-20(24)28(35)36-26)21-5-6-22-27-23(9-12-30(21,22)3)29(2)11-8-19(33)14-18(29)15-25(27)34/h5-6,10,13,16-19,21-23,25,27,33-34H,4,7-9,11-12,14-15H2,1-3H3/t17-,18+,19-,21-,22+,23?,25+,27+,29+,30-/m1/s1. The van der Waals surface area contributed by atoms with Crippen LogP contribution in [0.4, 0.5) is 0 Å². The van der Waals surface area contributed by atoms with Crippen molar-refractivity contribution < 1.29 is 14.6 Å². The topological polar surface area (TPSA) is 96.5 Å². The lowest BCUT2D eigenvalue weighted by molar-refractivity contribution is -0.169. The zero-order chi connectivity index (χ0) is 25.2. The Hall–Kier alpha value is -2.05. The summed E-state index contributed by atoms with van der Waals surface area (Å²) in [7, 11) is 0. The minimum absolute atomic E-state index is 0.141. The second kappa shape index (κ2) is 8.76. The first-order valence-corrected chi connectivity index (χ1v) is 14.0. The molecule has 0 spiro atoms. The van der Waals surface area contributed by atoms with E-state index < -0.39 is 0 Å². The highest BCUT2D eigenvalue weighted by Crippen LogP contribution is 2.66. The number of hydrogen-bond acceptors (Lipinski definition) is 6. The molecule has 0 bridgehead atoms. The number of rotatable bonds is 4. The Morgan fingerprint density at radius 2 is 1.94 bits per heavy atom. The van der Waals surface area contributed by atoms with Crippen LogP contribution in [0, 0.1) is 46.3 Å². The van der Waals surface area contributed by atoms with Crippen LogP contribution in [0.2, 0.25) is 0 Å². The lowest BCUT2D eigenvalue weighted by Crippen LogP contribution is -2.58. The molecule has 3 saturated carbocycles. The Kier molecular flexibility index (Phi) is 5.91. The maximum absolute atomic E-state index is 12.4. The summed E-state index contributed by atoms with van der Waals surface area (Å²) in [6.07, 6.45) is 15.1. The second-order valence-corrected chi connectivity index (χ2v) is 12.9. The van der Waals surface area contributed by atoms with Gasteiger partial charge in [-0.15, -0.1) is 0 Å². The maximum atomic E-state index is 12.4. The molecule has 2 aromatic heterocycles. The molecule has 0 aromatic carbocycles. The van der Waals surface area contributed by atoms with Crippen molar-refractivity contribution in [3.8, 4) is 0 Å². The highest BCUT2D eigenvalue weighted by molar-refractivity contribution is 5.75. The number of aromatic nitrogens is 2. The molecular formula is C30H40N2O4. The van der Waals surface area contributed by atoms with E-state index in [-0.39, 0.29) is 28.7 Å². The van der Waals surface area contributed by atoms with Crippen molar-refractivity contribution in [1.82, 2.24) is 9.97 Å². The van der Waals surface area contributed by atoms with Gasteiger partial charge in [0.05, 0.1) is 17.7 Å². The number of allylic oxidation sites excluding steroid dienone is 2. The largest absolute Gasteiger partial charge is 0.408 e. The van der Waals surface area contributed by atoms with Crippen LogP contribution in [0.15, 0.2) is 39.8 Å². The van der Waals surface area contributed by atoms with E-state index in [0.717, 1.165) is 38.5 Å². The number of fused-ring (bicyclic) bond motifs is 6. The van der Waals surface area contributed by atoms with Gasteiger partial charge in [0.1, 0.15) is 5.39 Å². The number of hydrogen-bond donors (Lipinski definition) is 2. The molecule has 2 aromatic rings. The van der Waals surface area contributed by atoms with Crippen LogP contribution in [-0.4, -0.2) is 32.4 Å². The highest BCUT2D eigenvalue weighted by Gasteiger charge is 2.61. The number of pyridine rings is 1. The fourth-order valence-corrected chi connectivity index (χ4v) is 9.13. The lowest BCUT2D eigenvalue weighted by atomic mass is 9.43. The van der Waals surface area contributed by atoms with Crippen LogP contribution >= 0.6 is 0 Å². The molecule has 0 radical (unpaired) electrons. The maximum Gasteiger partial charge on any atom is 0.348 e. The Balaban J connectivity index is 1.19. The summed E-state index contributed by atoms with van der Waals surface area (Å²) in [5.41, 5.74) is 0.650. The summed E-state index contributed by atoms with van der Waals surface area (Å²) in [4.78, 5) is 20.9. The van der Waals surface area contributed by atoms with Gasteiger partial charge in [0.15, 0.2) is 5.89 Å². The molecule has 3 fully saturated rings. The van der Waals surface area contributed by atoms with Crippen LogP contribution in [0.3, 0.4) is 0 Å². The van der Waals surface area contributed by atoms with E-state index in [0.29, 0.717) is 58.7 Å². The molecule has 10 atom stereocenters. The minimum atomic E-state index is -0.366. The zero-order valence-corrected chi connectivity index (χ0v) is 21.8. The van der Waals surface area contributed by atoms with E-state index >= 15 is 0 Å². The van der Waals surface area contributed by atoms with Crippen molar-refractivity contribution in [2.24, 2.45) is 46.3 Å². The van der Waals surface area contributed by atoms with Crippen molar-refractivity contribution in [1.29, 1.82) is 0 Å². The predicted molar refractivity (Wildman–Crippen MR) is 138 cm³/mol. The fraction of sp³-hybridized carbons (Fsp3) is 0.700. The average Bonchev–Trinajstić information content (AvgIpc) is 3.21. The first kappa shape index (κ1) is 24.3. The van der Waals surface area contributed by atoms with E-state index in [9.17, 15) is 15.0 Å². The second-order valence-electron chi connectivity index (χ2n) is 12.9. The number of aryl methyl sites for hydroxylation is 1. The van der Waals surface area contributed by atoms with Crippen molar-refractivity contribution in [2.45, 2.75) is 84.3 Å². The number of nitrogens with zero attached hydrogens (tertiary/aromatic N) is 2. The molecule has 6 heteroatoms. The van der Waals surface area contributed by atoms with Gasteiger partial charge in [0, 0.05) is 18.8 Å². The number of aliphatic hydroxyl groups excluding tert-OH is 2. The molecule has 4 aliphatic rings. The van der Waals surface area contributed by atoms with Gasteiger partial charge in [-0.2, -0.15) is 0 Å². The summed E-state index contributed by atoms with van der Waals surface area (Å²) < 4.78 is 5.51. The van der Waals surface area contributed by atoms with Crippen LogP contribution < -0.4 is 5.63 Å². The predicted octanol–water partition coefficient (Wildman–Crippen LogP) is 4.92. The molecule has 36 heavy (non-hydrogen) atoms. The molecule has 2 heterocycles. The molecule has 0 aliphatic heterocycles. The van der Waals surface area contributed by atoms with Gasteiger partial charge in [0.2, 0.25) is 0 Å². The third kappa shape index (κ3) is 3.70. The van der Waals surface area contributed by atoms with E-state index in [1.54, 1.807) is 12.3 Å². The summed E-state index contributed by atoms with van der Waals surface area (Å²) in [5.74, 6) is 3.02. The monoisotopic (exact) mass is 492 g/mol. The molecule has 2 N–H and O–H groups in total. The summed E-state index contributed by atoms with van der Waals surface area (Å²) in [5, 5.41) is 22.2. The third-order valence-electron chi connectivity index (χ3n) is 11.1. The Labute approximate surface area is 213 Å². The summed E-state index contributed by atoms with van der Waals surface area (Å²) in [6.45, 7) is 7.21. The Bertz CT molecular complexity index is 1220. The molecule has 6 nitrogen and oxygen atoms in total. The Morgan fingerprint density at radius 3 is 2.78 bits per heavy atom. The van der Waals surface area contributed by atoms with Gasteiger partial charge in [-0.3, -0.25) is 4.98 Å². The third-order valence-corrected chi connectivity index (χ3v) is 11.1. The highest BCUT2D eigenvalue weighted by atomic mass is 16.4. The van der Waals surface area contributed by atoms with Gasteiger partial charge in [0.25, 0.3) is 0 Å². The quantitative estimate of drug-likeness (QED) is 0.588. The molecule has 4 aliphatic carbocycles. The van der Waals surface area contributed by atoms with Crippen molar-refractivity contribution in [3.63, 3.8) is 0 Å². The number of aliphatic hydroxyl groups is 2. The molecular weight excluding hydrogens is 452 g/mol. The van der Waals surface area contributed by atoms with Gasteiger partial charge >= 0.3 is 5.63 Å².